The summed E-state index contributed by atoms with van der Waals surface area (Å²) in [6, 6.07) is 14.3. The van der Waals surface area contributed by atoms with Crippen molar-refractivity contribution in [3.05, 3.63) is 64.7 Å². The van der Waals surface area contributed by atoms with E-state index in [1.54, 1.807) is 0 Å². The van der Waals surface area contributed by atoms with E-state index in [1.807, 2.05) is 25.1 Å². The zero-order chi connectivity index (χ0) is 22.9. The fourth-order valence-electron chi connectivity index (χ4n) is 5.66. The van der Waals surface area contributed by atoms with Gasteiger partial charge in [-0.2, -0.15) is 0 Å². The molecule has 1 fully saturated rings. The summed E-state index contributed by atoms with van der Waals surface area (Å²) in [6.07, 6.45) is 1.62. The van der Waals surface area contributed by atoms with Gasteiger partial charge in [-0.05, 0) is 55.5 Å². The highest BCUT2D eigenvalue weighted by molar-refractivity contribution is 5.91. The van der Waals surface area contributed by atoms with Crippen molar-refractivity contribution in [2.45, 2.75) is 39.3 Å². The van der Waals surface area contributed by atoms with Crippen LogP contribution in [-0.2, 0) is 33.7 Å². The molecule has 0 aromatic heterocycles. The molecule has 0 bridgehead atoms. The number of benzene rings is 2. The van der Waals surface area contributed by atoms with Gasteiger partial charge in [0, 0.05) is 44.3 Å². The average molecular weight is 449 g/mol. The summed E-state index contributed by atoms with van der Waals surface area (Å²) in [7, 11) is 0. The first kappa shape index (κ1) is 22.0. The number of ether oxygens (including phenoxy) is 2. The van der Waals surface area contributed by atoms with Crippen molar-refractivity contribution < 1.29 is 19.1 Å². The van der Waals surface area contributed by atoms with Crippen molar-refractivity contribution in [1.82, 2.24) is 4.90 Å². The maximum Gasteiger partial charge on any atom is 0.338 e. The molecule has 1 aliphatic carbocycles. The van der Waals surface area contributed by atoms with E-state index < -0.39 is 0 Å². The van der Waals surface area contributed by atoms with Gasteiger partial charge in [0.05, 0.1) is 18.1 Å². The number of fused-ring (bicyclic) bond motifs is 3. The largest absolute Gasteiger partial charge is 0.462 e. The van der Waals surface area contributed by atoms with Crippen molar-refractivity contribution >= 4 is 17.6 Å². The summed E-state index contributed by atoms with van der Waals surface area (Å²) in [4.78, 5) is 29.7. The lowest BCUT2D eigenvalue weighted by Gasteiger charge is -2.30. The molecule has 0 N–H and O–H groups in total. The number of cyclic esters (lactones) is 1. The molecule has 1 saturated heterocycles. The van der Waals surface area contributed by atoms with E-state index in [1.165, 1.54) is 16.7 Å². The molecule has 3 aliphatic rings. The molecule has 2 aliphatic heterocycles. The zero-order valence-electron chi connectivity index (χ0n) is 19.5. The number of hydrogen-bond acceptors (Lipinski definition) is 6. The van der Waals surface area contributed by atoms with Crippen LogP contribution in [0.1, 0.15) is 40.9 Å². The first-order valence-electron chi connectivity index (χ1n) is 12.1. The van der Waals surface area contributed by atoms with Crippen molar-refractivity contribution in [2.24, 2.45) is 11.8 Å². The monoisotopic (exact) mass is 448 g/mol. The number of nitrogens with zero attached hydrogens (tertiary/aromatic N) is 2. The average Bonchev–Trinajstić information content (AvgIpc) is 3.01. The fourth-order valence-corrected chi connectivity index (χ4v) is 5.66. The van der Waals surface area contributed by atoms with E-state index in [-0.39, 0.29) is 29.9 Å². The Kier molecular flexibility index (Phi) is 6.11. The summed E-state index contributed by atoms with van der Waals surface area (Å²) in [5.41, 5.74) is 5.52. The number of rotatable bonds is 5. The second-order valence-corrected chi connectivity index (χ2v) is 9.30. The van der Waals surface area contributed by atoms with Crippen LogP contribution < -0.4 is 4.90 Å². The highest BCUT2D eigenvalue weighted by Gasteiger charge is 2.47. The maximum atomic E-state index is 12.7. The van der Waals surface area contributed by atoms with E-state index >= 15 is 0 Å². The Labute approximate surface area is 195 Å². The van der Waals surface area contributed by atoms with Gasteiger partial charge >= 0.3 is 11.9 Å². The van der Waals surface area contributed by atoms with Crippen LogP contribution in [0.15, 0.2) is 42.5 Å². The molecular weight excluding hydrogens is 416 g/mol. The third-order valence-electron chi connectivity index (χ3n) is 7.42. The quantitative estimate of drug-likeness (QED) is 0.653. The Morgan fingerprint density at radius 1 is 1.06 bits per heavy atom. The minimum Gasteiger partial charge on any atom is -0.462 e. The lowest BCUT2D eigenvalue weighted by atomic mass is 9.75. The molecule has 33 heavy (non-hydrogen) atoms. The molecule has 0 saturated carbocycles. The molecule has 2 aromatic carbocycles. The van der Waals surface area contributed by atoms with Gasteiger partial charge < -0.3 is 14.4 Å². The highest BCUT2D eigenvalue weighted by atomic mass is 16.6. The zero-order valence-corrected chi connectivity index (χ0v) is 19.5. The van der Waals surface area contributed by atoms with E-state index in [9.17, 15) is 9.59 Å². The van der Waals surface area contributed by atoms with Gasteiger partial charge in [-0.3, -0.25) is 9.69 Å². The molecule has 0 amide bonds. The highest BCUT2D eigenvalue weighted by Crippen LogP contribution is 2.39. The van der Waals surface area contributed by atoms with Gasteiger partial charge in [0.2, 0.25) is 0 Å². The first-order valence-corrected chi connectivity index (χ1v) is 12.1. The van der Waals surface area contributed by atoms with Gasteiger partial charge in [-0.1, -0.05) is 30.3 Å². The van der Waals surface area contributed by atoms with Crippen LogP contribution in [0.2, 0.25) is 0 Å². The molecule has 0 radical (unpaired) electrons. The van der Waals surface area contributed by atoms with Gasteiger partial charge in [-0.15, -0.1) is 0 Å². The minimum atomic E-state index is -0.279. The first-order chi connectivity index (χ1) is 16.1. The molecule has 174 valence electrons. The SMILES string of the molecule is CCOC(=O)c1ccc2c(c1)N(CC)CCN(C[C@H]1OC(=O)C3Cc4ccccc4C[C@H]31)C2. The summed E-state index contributed by atoms with van der Waals surface area (Å²) < 4.78 is 11.1. The van der Waals surface area contributed by atoms with Gasteiger partial charge in [0.25, 0.3) is 0 Å². The van der Waals surface area contributed by atoms with Gasteiger partial charge in [-0.25, -0.2) is 4.79 Å². The molecule has 3 atom stereocenters. The minimum absolute atomic E-state index is 0.0246. The molecule has 6 nitrogen and oxygen atoms in total. The summed E-state index contributed by atoms with van der Waals surface area (Å²) in [6.45, 7) is 8.47. The summed E-state index contributed by atoms with van der Waals surface area (Å²) >= 11 is 0. The van der Waals surface area contributed by atoms with Crippen molar-refractivity contribution in [1.29, 1.82) is 0 Å². The Hall–Kier alpha value is -2.86. The van der Waals surface area contributed by atoms with Crippen LogP contribution in [0.5, 0.6) is 0 Å². The normalized spacial score (nSPS) is 24.4. The Balaban J connectivity index is 1.34. The maximum absolute atomic E-state index is 12.7. The van der Waals surface area contributed by atoms with Crippen LogP contribution in [-0.4, -0.2) is 55.7 Å². The van der Waals surface area contributed by atoms with E-state index in [2.05, 4.69) is 41.0 Å². The molecule has 2 aromatic rings. The van der Waals surface area contributed by atoms with Crippen LogP contribution in [0, 0.1) is 11.8 Å². The predicted molar refractivity (Wildman–Crippen MR) is 126 cm³/mol. The molecule has 2 heterocycles. The smallest absolute Gasteiger partial charge is 0.338 e. The lowest BCUT2D eigenvalue weighted by molar-refractivity contribution is -0.144. The Morgan fingerprint density at radius 3 is 2.61 bits per heavy atom. The topological polar surface area (TPSA) is 59.1 Å². The van der Waals surface area contributed by atoms with Crippen LogP contribution in [0.3, 0.4) is 0 Å². The number of anilines is 1. The molecule has 0 spiro atoms. The van der Waals surface area contributed by atoms with E-state index in [0.29, 0.717) is 12.2 Å². The molecule has 5 rings (SSSR count). The summed E-state index contributed by atoms with van der Waals surface area (Å²) in [5, 5.41) is 0. The van der Waals surface area contributed by atoms with Crippen LogP contribution in [0.25, 0.3) is 0 Å². The number of hydrogen-bond donors (Lipinski definition) is 0. The van der Waals surface area contributed by atoms with Crippen molar-refractivity contribution in [2.75, 3.05) is 37.7 Å². The number of esters is 2. The molecule has 1 unspecified atom stereocenters. The van der Waals surface area contributed by atoms with E-state index in [4.69, 9.17) is 9.47 Å². The van der Waals surface area contributed by atoms with Crippen LogP contribution >= 0.6 is 0 Å². The standard InChI is InChI=1S/C27H32N2O4/c1-3-29-12-11-28(16-21-10-9-20(15-24(21)29)26(30)32-4-2)17-25-22-13-18-7-5-6-8-19(18)14-23(22)27(31)33-25/h5-10,15,22-23,25H,3-4,11-14,16-17H2,1-2H3/t22-,23?,25-/m1/s1. The third-order valence-corrected chi connectivity index (χ3v) is 7.42. The predicted octanol–water partition coefficient (Wildman–Crippen LogP) is 3.46. The number of likely N-dealkylation sites (N-methyl/N-ethyl adjacent to an activating group) is 1. The van der Waals surface area contributed by atoms with Crippen molar-refractivity contribution in [3.63, 3.8) is 0 Å². The Bertz CT molecular complexity index is 1050. The molecular formula is C27H32N2O4. The third kappa shape index (κ3) is 4.24. The van der Waals surface area contributed by atoms with Crippen molar-refractivity contribution in [3.8, 4) is 0 Å². The lowest BCUT2D eigenvalue weighted by Crippen LogP contribution is -2.40. The second kappa shape index (κ2) is 9.18. The molecule has 6 heteroatoms. The van der Waals surface area contributed by atoms with Gasteiger partial charge in [0.15, 0.2) is 0 Å². The second-order valence-electron chi connectivity index (χ2n) is 9.30. The summed E-state index contributed by atoms with van der Waals surface area (Å²) in [5.74, 6) is -0.102. The Morgan fingerprint density at radius 2 is 1.85 bits per heavy atom. The van der Waals surface area contributed by atoms with E-state index in [0.717, 1.165) is 51.3 Å². The number of carbonyl (C=O) groups excluding carboxylic acids is 2. The number of carbonyl (C=O) groups is 2. The fraction of sp³-hybridized carbons (Fsp3) is 0.481. The van der Waals surface area contributed by atoms with Crippen LogP contribution in [0.4, 0.5) is 5.69 Å². The van der Waals surface area contributed by atoms with Gasteiger partial charge in [0.1, 0.15) is 6.10 Å².